The molecule has 0 saturated carbocycles. The quantitative estimate of drug-likeness (QED) is 0.0159. The molecule has 6 atom stereocenters. The Morgan fingerprint density at radius 2 is 0.570 bits per heavy atom. The van der Waals surface area contributed by atoms with Crippen molar-refractivity contribution < 1.29 is 92.1 Å². The van der Waals surface area contributed by atoms with Crippen molar-refractivity contribution in [1.29, 1.82) is 0 Å². The molecule has 9 aromatic rings. The van der Waals surface area contributed by atoms with E-state index < -0.39 is 183 Å². The Morgan fingerprint density at radius 3 is 0.836 bits per heavy atom. The minimum atomic E-state index is -4.35. The second kappa shape index (κ2) is 47.2. The minimum Gasteiger partial charge on any atom is -0.444 e. The molecule has 37 heteroatoms. The SMILES string of the molecule is CC(C)(C)OC(=O)N[C@H](c1ccccc1)[C@H](NS(=O)(=O)c1ccc(NC(=O)CNC(=O)CCOCC(COCCC(=O)NCC(=O)Nc2ccc(S(=O)(=O)N[C@H](c3ccccc3)[C@H](N)c3ccccc3)cc2)(COCCC(=O)NCC(=O)Nc2ccc(S(=O)(=O)N[C@H](c3ccccc3)[C@H](NC(=O)OC(C)(C)C)c3ccccc3)cc2)NC(=O)CN)cc1)c1ccccc1. The van der Waals surface area contributed by atoms with Crippen molar-refractivity contribution in [2.75, 3.05) is 81.8 Å². The van der Waals surface area contributed by atoms with Gasteiger partial charge in [-0.1, -0.05) is 182 Å². The van der Waals surface area contributed by atoms with E-state index in [-0.39, 0.29) is 70.8 Å². The van der Waals surface area contributed by atoms with Crippen LogP contribution in [0.2, 0.25) is 0 Å². The van der Waals surface area contributed by atoms with Gasteiger partial charge < -0.3 is 83.0 Å². The lowest BCUT2D eigenvalue weighted by atomic mass is 9.94. The molecule has 0 heterocycles. The fourth-order valence-corrected chi connectivity index (χ4v) is 16.6. The lowest BCUT2D eigenvalue weighted by Gasteiger charge is -2.34. The largest absolute Gasteiger partial charge is 0.444 e. The third-order valence-electron chi connectivity index (χ3n) is 19.0. The standard InChI is InChI=1S/C91H108N14O20S3/c1-89(2,3)124-87(113)100-83(64-29-17-9-18-30-64)85(66-33-21-11-22-34-66)104-127(117,118)72-45-39-69(40-46-72)98-79(111)57-95-75(107)50-53-122-60-91(102-77(109)55-92,59-121-52-49-74(106)94-56-78(110)97-68-37-43-71(44-38-68)126(115,116)103-82(63-27-15-8-16-28-63)81(93)62-25-13-7-14-26-62)61-123-54-51-76(108)96-58-80(112)99-70-41-47-73(48-42-70)128(119,120)105-86(67-35-23-12-24-36-67)84(65-31-19-10-20-32-65)101-88(114)125-90(4,5)6/h7-48,81-86,103-105H,49-61,92-93H2,1-6H3,(H,94,106)(H,95,107)(H,96,108)(H,97,110)(H,98,111)(H,99,112)(H,100,113)(H,101,114)(H,102,109)/t81-,82-,83-,84-,85-,86-/m1/s1. The van der Waals surface area contributed by atoms with Gasteiger partial charge in [0, 0.05) is 36.3 Å². The van der Waals surface area contributed by atoms with Crippen molar-refractivity contribution in [3.63, 3.8) is 0 Å². The summed E-state index contributed by atoms with van der Waals surface area (Å²) in [5.41, 5.74) is 13.1. The molecule has 0 fully saturated rings. The highest BCUT2D eigenvalue weighted by Gasteiger charge is 2.38. The van der Waals surface area contributed by atoms with Crippen LogP contribution in [0.5, 0.6) is 0 Å². The molecule has 0 unspecified atom stereocenters. The molecule has 0 aliphatic carbocycles. The molecule has 9 rings (SSSR count). The molecule has 128 heavy (non-hydrogen) atoms. The van der Waals surface area contributed by atoms with Crippen LogP contribution in [0.25, 0.3) is 0 Å². The summed E-state index contributed by atoms with van der Waals surface area (Å²) in [6, 6.07) is 62.9. The van der Waals surface area contributed by atoms with E-state index in [4.69, 9.17) is 35.2 Å². The number of carbonyl (C=O) groups excluding carboxylic acids is 9. The number of alkyl carbamates (subject to hydrolysis) is 2. The molecule has 680 valence electrons. The van der Waals surface area contributed by atoms with Gasteiger partial charge in [-0.2, -0.15) is 0 Å². The Kier molecular flexibility index (Phi) is 36.6. The molecular formula is C91H108N14O20S3. The van der Waals surface area contributed by atoms with E-state index in [9.17, 15) is 68.4 Å². The van der Waals surface area contributed by atoms with E-state index in [1.54, 1.807) is 217 Å². The number of hydrogen-bond donors (Lipinski definition) is 14. The van der Waals surface area contributed by atoms with Crippen molar-refractivity contribution in [3.05, 3.63) is 288 Å². The van der Waals surface area contributed by atoms with E-state index in [2.05, 4.69) is 62.0 Å². The molecule has 0 saturated heterocycles. The van der Waals surface area contributed by atoms with Crippen LogP contribution >= 0.6 is 0 Å². The van der Waals surface area contributed by atoms with E-state index >= 15 is 0 Å². The molecule has 0 aliphatic rings. The van der Waals surface area contributed by atoms with Crippen LogP contribution in [0.3, 0.4) is 0 Å². The van der Waals surface area contributed by atoms with Gasteiger partial charge in [0.1, 0.15) is 16.7 Å². The molecule has 9 aromatic carbocycles. The lowest BCUT2D eigenvalue weighted by Crippen LogP contribution is -2.60. The smallest absolute Gasteiger partial charge is 0.408 e. The molecule has 0 spiro atoms. The van der Waals surface area contributed by atoms with E-state index in [1.807, 2.05) is 6.07 Å². The normalized spacial score (nSPS) is 13.2. The van der Waals surface area contributed by atoms with Gasteiger partial charge in [0.25, 0.3) is 0 Å². The summed E-state index contributed by atoms with van der Waals surface area (Å²) in [5, 5.41) is 23.7. The zero-order chi connectivity index (χ0) is 92.5. The first-order valence-electron chi connectivity index (χ1n) is 40.8. The van der Waals surface area contributed by atoms with Gasteiger partial charge in [-0.3, -0.25) is 33.6 Å². The fraction of sp³-hybridized carbons (Fsp3) is 0.308. The second-order valence-electron chi connectivity index (χ2n) is 31.5. The molecule has 0 radical (unpaired) electrons. The van der Waals surface area contributed by atoms with Crippen molar-refractivity contribution in [2.45, 2.75) is 128 Å². The molecule has 16 N–H and O–H groups in total. The Balaban J connectivity index is 0.788. The van der Waals surface area contributed by atoms with Gasteiger partial charge in [-0.05, 0) is 148 Å². The average molecular weight is 1810 g/mol. The number of nitrogens with two attached hydrogens (primary N) is 2. The van der Waals surface area contributed by atoms with Crippen molar-refractivity contribution in [1.82, 2.24) is 46.1 Å². The topological polar surface area (TPSA) is 499 Å². The highest BCUT2D eigenvalue weighted by molar-refractivity contribution is 7.90. The third-order valence-corrected chi connectivity index (χ3v) is 23.4. The summed E-state index contributed by atoms with van der Waals surface area (Å²) in [6.07, 6.45) is -2.59. The first kappa shape index (κ1) is 99.1. The van der Waals surface area contributed by atoms with Crippen LogP contribution in [0.15, 0.2) is 269 Å². The first-order chi connectivity index (χ1) is 60.9. The number of carbonyl (C=O) groups is 9. The first-order valence-corrected chi connectivity index (χ1v) is 45.3. The third kappa shape index (κ3) is 32.3. The Labute approximate surface area is 744 Å². The predicted octanol–water partition coefficient (Wildman–Crippen LogP) is 8.58. The molecular weight excluding hydrogens is 1710 g/mol. The molecule has 0 aromatic heterocycles. The number of amides is 9. The highest BCUT2D eigenvalue weighted by atomic mass is 32.2. The van der Waals surface area contributed by atoms with Crippen LogP contribution in [0.1, 0.15) is 130 Å². The number of ether oxygens (including phenoxy) is 5. The van der Waals surface area contributed by atoms with Gasteiger partial charge >= 0.3 is 12.2 Å². The summed E-state index contributed by atoms with van der Waals surface area (Å²) < 4.78 is 122. The minimum absolute atomic E-state index is 0.114. The average Bonchev–Trinajstić information content (AvgIpc) is 0.765. The number of anilines is 3. The lowest BCUT2D eigenvalue weighted by molar-refractivity contribution is -0.130. The van der Waals surface area contributed by atoms with Crippen LogP contribution in [-0.2, 0) is 87.3 Å². The predicted molar refractivity (Wildman–Crippen MR) is 479 cm³/mol. The monoisotopic (exact) mass is 1810 g/mol. The summed E-state index contributed by atoms with van der Waals surface area (Å²) in [7, 11) is -12.9. The van der Waals surface area contributed by atoms with Gasteiger partial charge in [0.2, 0.25) is 71.4 Å². The fourth-order valence-electron chi connectivity index (χ4n) is 12.9. The van der Waals surface area contributed by atoms with E-state index in [0.717, 1.165) is 0 Å². The Morgan fingerprint density at radius 1 is 0.320 bits per heavy atom. The zero-order valence-electron chi connectivity index (χ0n) is 71.4. The van der Waals surface area contributed by atoms with Gasteiger partial charge in [0.15, 0.2) is 0 Å². The summed E-state index contributed by atoms with van der Waals surface area (Å²) in [4.78, 5) is 119. The number of sulfonamides is 3. The Bertz CT molecular complexity index is 5290. The second-order valence-corrected chi connectivity index (χ2v) is 36.7. The molecule has 34 nitrogen and oxygen atoms in total. The number of hydrogen-bond acceptors (Lipinski definition) is 22. The van der Waals surface area contributed by atoms with Crippen LogP contribution in [0.4, 0.5) is 26.7 Å². The highest BCUT2D eigenvalue weighted by Crippen LogP contribution is 2.35. The number of nitrogens with one attached hydrogen (secondary N) is 12. The number of benzene rings is 9. The van der Waals surface area contributed by atoms with E-state index in [0.29, 0.717) is 33.4 Å². The van der Waals surface area contributed by atoms with Crippen molar-refractivity contribution in [2.24, 2.45) is 11.5 Å². The molecule has 0 aliphatic heterocycles. The van der Waals surface area contributed by atoms with Crippen LogP contribution in [-0.4, -0.2) is 161 Å². The van der Waals surface area contributed by atoms with Crippen molar-refractivity contribution >= 4 is 101 Å². The molecule has 9 amide bonds. The van der Waals surface area contributed by atoms with Crippen LogP contribution in [0, 0.1) is 0 Å². The van der Waals surface area contributed by atoms with Crippen molar-refractivity contribution in [3.8, 4) is 0 Å². The van der Waals surface area contributed by atoms with Gasteiger partial charge in [-0.15, -0.1) is 0 Å². The van der Waals surface area contributed by atoms with Gasteiger partial charge in [-0.25, -0.2) is 49.0 Å². The maximum absolute atomic E-state index is 14.2. The zero-order valence-corrected chi connectivity index (χ0v) is 73.9. The summed E-state index contributed by atoms with van der Waals surface area (Å²) in [5.74, 6) is -4.76. The van der Waals surface area contributed by atoms with Crippen LogP contribution < -0.4 is 73.5 Å². The number of rotatable bonds is 46. The maximum atomic E-state index is 14.2. The summed E-state index contributed by atoms with van der Waals surface area (Å²) in [6.45, 7) is 5.72. The van der Waals surface area contributed by atoms with E-state index in [1.165, 1.54) is 72.8 Å². The summed E-state index contributed by atoms with van der Waals surface area (Å²) >= 11 is 0. The maximum Gasteiger partial charge on any atom is 0.408 e. The Hall–Kier alpha value is -12.7. The van der Waals surface area contributed by atoms with Gasteiger partial charge in [0.05, 0.1) is 117 Å². The molecule has 0 bridgehead atoms.